The van der Waals surface area contributed by atoms with Crippen molar-refractivity contribution >= 4 is 10.9 Å². The molecule has 0 aliphatic carbocycles. The lowest BCUT2D eigenvalue weighted by atomic mass is 10.1. The van der Waals surface area contributed by atoms with Gasteiger partial charge in [-0.05, 0) is 61.3 Å². The Morgan fingerprint density at radius 3 is 2.81 bits per heavy atom. The highest BCUT2D eigenvalue weighted by atomic mass is 19.1. The molecule has 0 atom stereocenters. The summed E-state index contributed by atoms with van der Waals surface area (Å²) in [4.78, 5) is 3.43. The summed E-state index contributed by atoms with van der Waals surface area (Å²) in [7, 11) is 1.69. The molecule has 0 aliphatic heterocycles. The molecule has 0 fully saturated rings. The van der Waals surface area contributed by atoms with E-state index in [2.05, 4.69) is 29.4 Å². The van der Waals surface area contributed by atoms with Gasteiger partial charge in [0.1, 0.15) is 24.8 Å². The van der Waals surface area contributed by atoms with Crippen molar-refractivity contribution in [2.45, 2.75) is 19.9 Å². The molecule has 0 bridgehead atoms. The average Bonchev–Trinajstić information content (AvgIpc) is 2.98. The molecule has 3 rings (SSSR count). The third-order valence-electron chi connectivity index (χ3n) is 4.45. The van der Waals surface area contributed by atoms with Crippen LogP contribution in [0.1, 0.15) is 16.8 Å². The van der Waals surface area contributed by atoms with Crippen molar-refractivity contribution in [2.24, 2.45) is 0 Å². The van der Waals surface area contributed by atoms with Gasteiger partial charge in [0.25, 0.3) is 0 Å². The number of H-pyrrole nitrogens is 1. The van der Waals surface area contributed by atoms with Crippen LogP contribution in [0.2, 0.25) is 0 Å². The van der Waals surface area contributed by atoms with Gasteiger partial charge in [0.15, 0.2) is 0 Å². The SMILES string of the molecule is COc1ccc2[nH]c(C)c(CCNCc3cccc(OCCF)c3)c2c1. The Kier molecular flexibility index (Phi) is 6.12. The molecule has 3 aromatic rings. The minimum atomic E-state index is -0.475. The summed E-state index contributed by atoms with van der Waals surface area (Å²) in [6.45, 7) is 3.34. The summed E-state index contributed by atoms with van der Waals surface area (Å²) in [5, 5.41) is 4.68. The predicted octanol–water partition coefficient (Wildman–Crippen LogP) is 4.17. The highest BCUT2D eigenvalue weighted by Gasteiger charge is 2.09. The van der Waals surface area contributed by atoms with Crippen LogP contribution in [0.4, 0.5) is 4.39 Å². The minimum absolute atomic E-state index is 0.0974. The molecule has 1 heterocycles. The fraction of sp³-hybridized carbons (Fsp3) is 0.333. The number of alkyl halides is 1. The van der Waals surface area contributed by atoms with Gasteiger partial charge in [0.05, 0.1) is 7.11 Å². The van der Waals surface area contributed by atoms with Gasteiger partial charge < -0.3 is 19.8 Å². The molecule has 0 saturated carbocycles. The maximum atomic E-state index is 12.2. The molecule has 0 radical (unpaired) electrons. The first-order valence-corrected chi connectivity index (χ1v) is 8.85. The second-order valence-electron chi connectivity index (χ2n) is 6.25. The van der Waals surface area contributed by atoms with E-state index >= 15 is 0 Å². The molecule has 26 heavy (non-hydrogen) atoms. The Balaban J connectivity index is 1.58. The number of hydrogen-bond donors (Lipinski definition) is 2. The van der Waals surface area contributed by atoms with Crippen LogP contribution in [-0.4, -0.2) is 31.9 Å². The number of fused-ring (bicyclic) bond motifs is 1. The molecule has 138 valence electrons. The molecule has 0 unspecified atom stereocenters. The first-order valence-electron chi connectivity index (χ1n) is 8.85. The number of nitrogens with one attached hydrogen (secondary N) is 2. The Bertz CT molecular complexity index is 860. The number of aromatic nitrogens is 1. The second-order valence-corrected chi connectivity index (χ2v) is 6.25. The molecule has 0 amide bonds. The van der Waals surface area contributed by atoms with Crippen LogP contribution in [0.5, 0.6) is 11.5 Å². The summed E-state index contributed by atoms with van der Waals surface area (Å²) >= 11 is 0. The number of methoxy groups -OCH3 is 1. The van der Waals surface area contributed by atoms with Gasteiger partial charge in [-0.3, -0.25) is 0 Å². The van der Waals surface area contributed by atoms with Gasteiger partial charge in [-0.15, -0.1) is 0 Å². The molecular weight excluding hydrogens is 331 g/mol. The molecule has 5 heteroatoms. The lowest BCUT2D eigenvalue weighted by Crippen LogP contribution is -2.17. The summed E-state index contributed by atoms with van der Waals surface area (Å²) < 4.78 is 22.9. The minimum Gasteiger partial charge on any atom is -0.497 e. The van der Waals surface area contributed by atoms with Crippen molar-refractivity contribution < 1.29 is 13.9 Å². The smallest absolute Gasteiger partial charge is 0.123 e. The summed E-state index contributed by atoms with van der Waals surface area (Å²) in [5.74, 6) is 1.58. The van der Waals surface area contributed by atoms with E-state index in [9.17, 15) is 4.39 Å². The van der Waals surface area contributed by atoms with Gasteiger partial charge >= 0.3 is 0 Å². The molecular formula is C21H25FN2O2. The van der Waals surface area contributed by atoms with Gasteiger partial charge in [-0.1, -0.05) is 12.1 Å². The third-order valence-corrected chi connectivity index (χ3v) is 4.45. The normalized spacial score (nSPS) is 11.0. The van der Waals surface area contributed by atoms with E-state index in [0.717, 1.165) is 36.3 Å². The molecule has 1 aromatic heterocycles. The monoisotopic (exact) mass is 356 g/mol. The van der Waals surface area contributed by atoms with E-state index in [4.69, 9.17) is 9.47 Å². The van der Waals surface area contributed by atoms with E-state index in [0.29, 0.717) is 5.75 Å². The standard InChI is InChI=1S/C21H25FN2O2/c1-15-19(20-13-17(25-2)6-7-21(20)24-15)8-10-23-14-16-4-3-5-18(12-16)26-11-9-22/h3-7,12-13,23-24H,8-11,14H2,1-2H3. The second kappa shape index (κ2) is 8.72. The van der Waals surface area contributed by atoms with Crippen LogP contribution in [0.15, 0.2) is 42.5 Å². The predicted molar refractivity (Wildman–Crippen MR) is 103 cm³/mol. The van der Waals surface area contributed by atoms with Gasteiger partial charge in [-0.25, -0.2) is 4.39 Å². The van der Waals surface area contributed by atoms with Crippen molar-refractivity contribution in [2.75, 3.05) is 26.9 Å². The number of ether oxygens (including phenoxy) is 2. The fourth-order valence-electron chi connectivity index (χ4n) is 3.16. The lowest BCUT2D eigenvalue weighted by molar-refractivity contribution is 0.273. The number of benzene rings is 2. The fourth-order valence-corrected chi connectivity index (χ4v) is 3.16. The van der Waals surface area contributed by atoms with Crippen LogP contribution < -0.4 is 14.8 Å². The highest BCUT2D eigenvalue weighted by molar-refractivity contribution is 5.86. The van der Waals surface area contributed by atoms with E-state index in [1.54, 1.807) is 7.11 Å². The summed E-state index contributed by atoms with van der Waals surface area (Å²) in [6.07, 6.45) is 0.928. The first-order chi connectivity index (χ1) is 12.7. The lowest BCUT2D eigenvalue weighted by Gasteiger charge is -2.08. The molecule has 4 nitrogen and oxygen atoms in total. The van der Waals surface area contributed by atoms with Gasteiger partial charge in [-0.2, -0.15) is 0 Å². The number of hydrogen-bond acceptors (Lipinski definition) is 3. The zero-order valence-corrected chi connectivity index (χ0v) is 15.3. The molecule has 0 spiro atoms. The average molecular weight is 356 g/mol. The number of aromatic amines is 1. The Hall–Kier alpha value is -2.53. The molecule has 2 N–H and O–H groups in total. The van der Waals surface area contributed by atoms with Crippen molar-refractivity contribution in [1.82, 2.24) is 10.3 Å². The maximum Gasteiger partial charge on any atom is 0.123 e. The van der Waals surface area contributed by atoms with Crippen molar-refractivity contribution in [1.29, 1.82) is 0 Å². The number of halogens is 1. The molecule has 2 aromatic carbocycles. The van der Waals surface area contributed by atoms with E-state index in [1.807, 2.05) is 30.3 Å². The molecule has 0 aliphatic rings. The summed E-state index contributed by atoms with van der Waals surface area (Å²) in [6, 6.07) is 13.9. The van der Waals surface area contributed by atoms with Crippen LogP contribution >= 0.6 is 0 Å². The molecule has 0 saturated heterocycles. The van der Waals surface area contributed by atoms with Gasteiger partial charge in [0, 0.05) is 23.1 Å². The topological polar surface area (TPSA) is 46.3 Å². The van der Waals surface area contributed by atoms with Crippen LogP contribution in [0, 0.1) is 6.92 Å². The van der Waals surface area contributed by atoms with E-state index in [1.165, 1.54) is 16.6 Å². The Morgan fingerprint density at radius 2 is 2.00 bits per heavy atom. The number of aryl methyl sites for hydroxylation is 1. The van der Waals surface area contributed by atoms with Crippen molar-refractivity contribution in [3.63, 3.8) is 0 Å². The summed E-state index contributed by atoms with van der Waals surface area (Å²) in [5.41, 5.74) is 4.76. The quantitative estimate of drug-likeness (QED) is 0.566. The Morgan fingerprint density at radius 1 is 1.12 bits per heavy atom. The third kappa shape index (κ3) is 4.35. The van der Waals surface area contributed by atoms with Crippen LogP contribution in [0.3, 0.4) is 0 Å². The van der Waals surface area contributed by atoms with E-state index in [-0.39, 0.29) is 6.61 Å². The zero-order chi connectivity index (χ0) is 18.4. The zero-order valence-electron chi connectivity index (χ0n) is 15.3. The first kappa shape index (κ1) is 18.3. The number of rotatable bonds is 9. The largest absolute Gasteiger partial charge is 0.497 e. The van der Waals surface area contributed by atoms with Gasteiger partial charge in [0.2, 0.25) is 0 Å². The van der Waals surface area contributed by atoms with E-state index < -0.39 is 6.67 Å². The highest BCUT2D eigenvalue weighted by Crippen LogP contribution is 2.26. The van der Waals surface area contributed by atoms with Crippen molar-refractivity contribution in [3.8, 4) is 11.5 Å². The maximum absolute atomic E-state index is 12.2. The van der Waals surface area contributed by atoms with Crippen LogP contribution in [-0.2, 0) is 13.0 Å². The van der Waals surface area contributed by atoms with Crippen molar-refractivity contribution in [3.05, 3.63) is 59.3 Å². The van der Waals surface area contributed by atoms with Crippen LogP contribution in [0.25, 0.3) is 10.9 Å². The Labute approximate surface area is 153 Å².